The average molecular weight is 446 g/mol. The second-order valence-electron chi connectivity index (χ2n) is 6.04. The first-order valence-electron chi connectivity index (χ1n) is 8.83. The van der Waals surface area contributed by atoms with Crippen LogP contribution in [0, 0.1) is 5.82 Å². The van der Waals surface area contributed by atoms with E-state index in [4.69, 9.17) is 25.8 Å². The lowest BCUT2D eigenvalue weighted by Crippen LogP contribution is -2.35. The number of hydrogen-bond acceptors (Lipinski definition) is 6. The van der Waals surface area contributed by atoms with Crippen molar-refractivity contribution in [2.75, 3.05) is 19.5 Å². The first-order valence-corrected chi connectivity index (χ1v) is 9.20. The lowest BCUT2D eigenvalue weighted by atomic mass is 10.2. The third kappa shape index (κ3) is 5.61. The highest BCUT2D eigenvalue weighted by Crippen LogP contribution is 2.30. The average Bonchev–Trinajstić information content (AvgIpc) is 2.74. The Morgan fingerprint density at radius 2 is 1.68 bits per heavy atom. The summed E-state index contributed by atoms with van der Waals surface area (Å²) in [5, 5.41) is 4.31. The second kappa shape index (κ2) is 9.77. The number of imide groups is 1. The van der Waals surface area contributed by atoms with Gasteiger partial charge in [0, 0.05) is 24.3 Å². The number of nitrogens with zero attached hydrogens (tertiary/aromatic N) is 1. The summed E-state index contributed by atoms with van der Waals surface area (Å²) in [6, 6.07) is 10.9. The Morgan fingerprint density at radius 1 is 1.00 bits per heavy atom. The number of hydrogen-bond donors (Lipinski definition) is 2. The molecule has 160 valence electrons. The highest BCUT2D eigenvalue weighted by Gasteiger charge is 2.18. The van der Waals surface area contributed by atoms with E-state index in [-0.39, 0.29) is 16.6 Å². The normalized spacial score (nSPS) is 10.2. The molecule has 0 atom stereocenters. The maximum Gasteiger partial charge on any atom is 0.326 e. The Bertz CT molecular complexity index is 1070. The molecule has 1 aromatic heterocycles. The highest BCUT2D eigenvalue weighted by atomic mass is 35.5. The van der Waals surface area contributed by atoms with E-state index in [0.29, 0.717) is 17.2 Å². The molecule has 3 aromatic rings. The Kier molecular flexibility index (Phi) is 6.88. The number of carbonyl (C=O) groups excluding carboxylic acids is 2. The number of urea groups is 1. The molecule has 0 fully saturated rings. The van der Waals surface area contributed by atoms with Crippen LogP contribution in [-0.4, -0.2) is 31.1 Å². The summed E-state index contributed by atoms with van der Waals surface area (Å²) in [5.74, 6) is -0.0338. The molecule has 0 radical (unpaired) electrons. The predicted octanol–water partition coefficient (Wildman–Crippen LogP) is 4.65. The minimum Gasteiger partial charge on any atom is -0.496 e. The summed E-state index contributed by atoms with van der Waals surface area (Å²) in [4.78, 5) is 28.2. The van der Waals surface area contributed by atoms with E-state index in [1.807, 2.05) is 5.32 Å². The zero-order chi connectivity index (χ0) is 22.4. The summed E-state index contributed by atoms with van der Waals surface area (Å²) >= 11 is 5.82. The fourth-order valence-electron chi connectivity index (χ4n) is 2.52. The number of amides is 3. The minimum absolute atomic E-state index is 0.109. The van der Waals surface area contributed by atoms with Crippen molar-refractivity contribution in [3.05, 3.63) is 71.1 Å². The first-order chi connectivity index (χ1) is 14.9. The molecule has 0 aliphatic carbocycles. The van der Waals surface area contributed by atoms with Gasteiger partial charge in [0.05, 0.1) is 36.7 Å². The number of anilines is 1. The molecule has 2 aromatic carbocycles. The van der Waals surface area contributed by atoms with Crippen molar-refractivity contribution in [1.29, 1.82) is 0 Å². The Labute approximate surface area is 181 Å². The van der Waals surface area contributed by atoms with Gasteiger partial charge in [0.15, 0.2) is 0 Å². The summed E-state index contributed by atoms with van der Waals surface area (Å²) in [5.41, 5.74) is -0.143. The number of ether oxygens (including phenoxy) is 3. The van der Waals surface area contributed by atoms with Gasteiger partial charge >= 0.3 is 6.03 Å². The molecule has 0 aliphatic rings. The molecule has 10 heteroatoms. The molecular formula is C21H17ClFN3O5. The van der Waals surface area contributed by atoms with Gasteiger partial charge in [0.2, 0.25) is 5.88 Å². The Hall–Kier alpha value is -3.85. The van der Waals surface area contributed by atoms with Gasteiger partial charge in [-0.05, 0) is 18.2 Å². The molecule has 0 aliphatic heterocycles. The largest absolute Gasteiger partial charge is 0.496 e. The molecule has 0 bridgehead atoms. The van der Waals surface area contributed by atoms with E-state index in [1.165, 1.54) is 44.7 Å². The van der Waals surface area contributed by atoms with Gasteiger partial charge in [0.25, 0.3) is 5.91 Å². The number of methoxy groups -OCH3 is 2. The third-order valence-corrected chi connectivity index (χ3v) is 4.27. The fraction of sp³-hybridized carbons (Fsp3) is 0.0952. The number of nitrogens with one attached hydrogen (secondary N) is 2. The van der Waals surface area contributed by atoms with Crippen molar-refractivity contribution in [2.45, 2.75) is 0 Å². The number of carbonyl (C=O) groups is 2. The van der Waals surface area contributed by atoms with Gasteiger partial charge in [0.1, 0.15) is 23.1 Å². The second-order valence-corrected chi connectivity index (χ2v) is 6.45. The SMILES string of the molecule is COc1cc(OC)cc(Oc2ccc(NC(=O)NC(=O)c3c(F)cccc3Cl)cn2)c1. The molecule has 0 spiro atoms. The minimum atomic E-state index is -0.972. The van der Waals surface area contributed by atoms with Crippen molar-refractivity contribution < 1.29 is 28.2 Å². The highest BCUT2D eigenvalue weighted by molar-refractivity contribution is 6.34. The number of benzene rings is 2. The van der Waals surface area contributed by atoms with Crippen molar-refractivity contribution in [2.24, 2.45) is 0 Å². The van der Waals surface area contributed by atoms with E-state index in [2.05, 4.69) is 10.3 Å². The van der Waals surface area contributed by atoms with E-state index < -0.39 is 23.3 Å². The molecular weight excluding hydrogens is 429 g/mol. The van der Waals surface area contributed by atoms with Crippen LogP contribution in [0.1, 0.15) is 10.4 Å². The standard InChI is InChI=1S/C21H17ClFN3O5/c1-29-13-8-14(30-2)10-15(9-13)31-18-7-6-12(11-24-18)25-21(28)26-20(27)19-16(22)4-3-5-17(19)23/h3-11H,1-2H3,(H2,25,26,27,28). The van der Waals surface area contributed by atoms with Crippen LogP contribution in [0.3, 0.4) is 0 Å². The van der Waals surface area contributed by atoms with Gasteiger partial charge < -0.3 is 19.5 Å². The van der Waals surface area contributed by atoms with Crippen LogP contribution in [0.2, 0.25) is 5.02 Å². The van der Waals surface area contributed by atoms with E-state index in [0.717, 1.165) is 6.07 Å². The fourth-order valence-corrected chi connectivity index (χ4v) is 2.77. The monoisotopic (exact) mass is 445 g/mol. The summed E-state index contributed by atoms with van der Waals surface area (Å²) < 4.78 is 29.8. The zero-order valence-corrected chi connectivity index (χ0v) is 17.2. The quantitative estimate of drug-likeness (QED) is 0.573. The molecule has 0 saturated carbocycles. The molecule has 0 saturated heterocycles. The summed E-state index contributed by atoms with van der Waals surface area (Å²) in [7, 11) is 3.04. The lowest BCUT2D eigenvalue weighted by molar-refractivity contribution is 0.0963. The van der Waals surface area contributed by atoms with Crippen LogP contribution in [0.5, 0.6) is 23.1 Å². The van der Waals surface area contributed by atoms with Crippen LogP contribution < -0.4 is 24.8 Å². The zero-order valence-electron chi connectivity index (χ0n) is 16.4. The third-order valence-electron chi connectivity index (χ3n) is 3.96. The molecule has 1 heterocycles. The van der Waals surface area contributed by atoms with Crippen LogP contribution in [0.4, 0.5) is 14.9 Å². The molecule has 0 unspecified atom stereocenters. The van der Waals surface area contributed by atoms with Crippen molar-refractivity contribution in [3.63, 3.8) is 0 Å². The summed E-state index contributed by atoms with van der Waals surface area (Å²) in [6.07, 6.45) is 1.33. The van der Waals surface area contributed by atoms with E-state index >= 15 is 0 Å². The summed E-state index contributed by atoms with van der Waals surface area (Å²) in [6.45, 7) is 0. The topological polar surface area (TPSA) is 98.8 Å². The molecule has 8 nitrogen and oxygen atoms in total. The number of pyridine rings is 1. The number of halogens is 2. The number of aromatic nitrogens is 1. The van der Waals surface area contributed by atoms with Crippen LogP contribution in [-0.2, 0) is 0 Å². The van der Waals surface area contributed by atoms with Gasteiger partial charge in [-0.15, -0.1) is 0 Å². The molecule has 3 rings (SSSR count). The van der Waals surface area contributed by atoms with E-state index in [9.17, 15) is 14.0 Å². The van der Waals surface area contributed by atoms with Gasteiger partial charge in [-0.2, -0.15) is 0 Å². The van der Waals surface area contributed by atoms with Crippen molar-refractivity contribution in [1.82, 2.24) is 10.3 Å². The van der Waals surface area contributed by atoms with Gasteiger partial charge in [-0.3, -0.25) is 10.1 Å². The van der Waals surface area contributed by atoms with Gasteiger partial charge in [-0.25, -0.2) is 14.2 Å². The van der Waals surface area contributed by atoms with Crippen molar-refractivity contribution >= 4 is 29.2 Å². The van der Waals surface area contributed by atoms with Crippen molar-refractivity contribution in [3.8, 4) is 23.1 Å². The molecule has 2 N–H and O–H groups in total. The Morgan fingerprint density at radius 3 is 2.26 bits per heavy atom. The number of rotatable bonds is 6. The first kappa shape index (κ1) is 21.8. The maximum atomic E-state index is 13.8. The van der Waals surface area contributed by atoms with Crippen LogP contribution in [0.25, 0.3) is 0 Å². The maximum absolute atomic E-state index is 13.8. The van der Waals surface area contributed by atoms with Crippen LogP contribution in [0.15, 0.2) is 54.7 Å². The van der Waals surface area contributed by atoms with E-state index in [1.54, 1.807) is 18.2 Å². The molecule has 3 amide bonds. The smallest absolute Gasteiger partial charge is 0.326 e. The van der Waals surface area contributed by atoms with Crippen LogP contribution >= 0.6 is 11.6 Å². The lowest BCUT2D eigenvalue weighted by Gasteiger charge is -2.10. The predicted molar refractivity (Wildman–Crippen MR) is 112 cm³/mol. The molecule has 31 heavy (non-hydrogen) atoms. The Balaban J connectivity index is 1.63. The van der Waals surface area contributed by atoms with Gasteiger partial charge in [-0.1, -0.05) is 17.7 Å².